The summed E-state index contributed by atoms with van der Waals surface area (Å²) in [7, 11) is 1.38. The fraction of sp³-hybridized carbons (Fsp3) is 0.417. The molecule has 5 heteroatoms. The summed E-state index contributed by atoms with van der Waals surface area (Å²) in [5, 5.41) is 0. The van der Waals surface area contributed by atoms with Gasteiger partial charge in [0.25, 0.3) is 0 Å². The summed E-state index contributed by atoms with van der Waals surface area (Å²) in [4.78, 5) is 11.3. The number of esters is 1. The predicted molar refractivity (Wildman–Crippen MR) is 61.3 cm³/mol. The van der Waals surface area contributed by atoms with Gasteiger partial charge < -0.3 is 15.2 Å². The SMILES string of the molecule is CCOC(=O)C(N)Cc1ccc(F)c(OC)c1. The molecule has 17 heavy (non-hydrogen) atoms. The molecular weight excluding hydrogens is 225 g/mol. The number of methoxy groups -OCH3 is 1. The largest absolute Gasteiger partial charge is 0.494 e. The second-order valence-electron chi connectivity index (χ2n) is 3.53. The second-order valence-corrected chi connectivity index (χ2v) is 3.53. The Morgan fingerprint density at radius 2 is 2.24 bits per heavy atom. The first kappa shape index (κ1) is 13.4. The molecule has 1 unspecified atom stereocenters. The quantitative estimate of drug-likeness (QED) is 0.788. The number of ether oxygens (including phenoxy) is 2. The lowest BCUT2D eigenvalue weighted by Gasteiger charge is -2.11. The zero-order chi connectivity index (χ0) is 12.8. The third-order valence-corrected chi connectivity index (χ3v) is 2.26. The monoisotopic (exact) mass is 241 g/mol. The van der Waals surface area contributed by atoms with Crippen LogP contribution >= 0.6 is 0 Å². The van der Waals surface area contributed by atoms with E-state index in [9.17, 15) is 9.18 Å². The molecule has 1 aromatic rings. The zero-order valence-electron chi connectivity index (χ0n) is 9.90. The van der Waals surface area contributed by atoms with Crippen LogP contribution in [0.5, 0.6) is 5.75 Å². The molecule has 0 saturated heterocycles. The minimum Gasteiger partial charge on any atom is -0.494 e. The van der Waals surface area contributed by atoms with E-state index in [0.29, 0.717) is 6.61 Å². The Kier molecular flexibility index (Phi) is 4.90. The van der Waals surface area contributed by atoms with E-state index in [-0.39, 0.29) is 12.2 Å². The Balaban J connectivity index is 2.71. The summed E-state index contributed by atoms with van der Waals surface area (Å²) >= 11 is 0. The number of hydrogen-bond acceptors (Lipinski definition) is 4. The van der Waals surface area contributed by atoms with Gasteiger partial charge >= 0.3 is 5.97 Å². The second kappa shape index (κ2) is 6.20. The van der Waals surface area contributed by atoms with E-state index in [1.54, 1.807) is 13.0 Å². The maximum absolute atomic E-state index is 13.1. The lowest BCUT2D eigenvalue weighted by molar-refractivity contribution is -0.144. The third kappa shape index (κ3) is 3.71. The van der Waals surface area contributed by atoms with E-state index in [2.05, 4.69) is 0 Å². The van der Waals surface area contributed by atoms with E-state index >= 15 is 0 Å². The molecule has 4 nitrogen and oxygen atoms in total. The summed E-state index contributed by atoms with van der Waals surface area (Å²) in [6, 6.07) is 3.63. The van der Waals surface area contributed by atoms with Crippen LogP contribution in [0.2, 0.25) is 0 Å². The van der Waals surface area contributed by atoms with Crippen LogP contribution in [0.1, 0.15) is 12.5 Å². The van der Waals surface area contributed by atoms with E-state index in [4.69, 9.17) is 15.2 Å². The molecule has 0 aliphatic heterocycles. The Morgan fingerprint density at radius 3 is 2.82 bits per heavy atom. The standard InChI is InChI=1S/C12H16FNO3/c1-3-17-12(15)10(14)6-8-4-5-9(13)11(7-8)16-2/h4-5,7,10H,3,6,14H2,1-2H3. The van der Waals surface area contributed by atoms with Crippen LogP contribution in [0.4, 0.5) is 4.39 Å². The number of carbonyl (C=O) groups is 1. The van der Waals surface area contributed by atoms with E-state index in [1.807, 2.05) is 0 Å². The van der Waals surface area contributed by atoms with Gasteiger partial charge in [-0.3, -0.25) is 4.79 Å². The van der Waals surface area contributed by atoms with Crippen LogP contribution in [-0.4, -0.2) is 25.7 Å². The van der Waals surface area contributed by atoms with Crippen molar-refractivity contribution < 1.29 is 18.7 Å². The average molecular weight is 241 g/mol. The van der Waals surface area contributed by atoms with Gasteiger partial charge in [0.05, 0.1) is 13.7 Å². The number of rotatable bonds is 5. The van der Waals surface area contributed by atoms with Crippen molar-refractivity contribution in [3.63, 3.8) is 0 Å². The fourth-order valence-corrected chi connectivity index (χ4v) is 1.42. The van der Waals surface area contributed by atoms with E-state index < -0.39 is 17.8 Å². The predicted octanol–water partition coefficient (Wildman–Crippen LogP) is 1.27. The highest BCUT2D eigenvalue weighted by atomic mass is 19.1. The molecule has 0 aliphatic rings. The van der Waals surface area contributed by atoms with Crippen molar-refractivity contribution in [1.29, 1.82) is 0 Å². The normalized spacial score (nSPS) is 12.0. The summed E-state index contributed by atoms with van der Waals surface area (Å²) in [6.45, 7) is 2.00. The molecule has 2 N–H and O–H groups in total. The summed E-state index contributed by atoms with van der Waals surface area (Å²) in [6.07, 6.45) is 0.287. The van der Waals surface area contributed by atoms with Crippen molar-refractivity contribution in [3.05, 3.63) is 29.6 Å². The molecule has 0 aliphatic carbocycles. The lowest BCUT2D eigenvalue weighted by atomic mass is 10.1. The highest BCUT2D eigenvalue weighted by Gasteiger charge is 2.16. The summed E-state index contributed by atoms with van der Waals surface area (Å²) in [5.74, 6) is -0.768. The molecule has 0 bridgehead atoms. The van der Waals surface area contributed by atoms with Crippen molar-refractivity contribution >= 4 is 5.97 Å². The minimum atomic E-state index is -0.745. The maximum atomic E-state index is 13.1. The van der Waals surface area contributed by atoms with Crippen LogP contribution in [0.3, 0.4) is 0 Å². The van der Waals surface area contributed by atoms with Gasteiger partial charge in [0.2, 0.25) is 0 Å². The van der Waals surface area contributed by atoms with Crippen LogP contribution in [0.25, 0.3) is 0 Å². The number of nitrogens with two attached hydrogens (primary N) is 1. The molecule has 1 aromatic carbocycles. The van der Waals surface area contributed by atoms with Gasteiger partial charge in [-0.1, -0.05) is 6.07 Å². The first-order chi connectivity index (χ1) is 8.08. The van der Waals surface area contributed by atoms with Crippen molar-refractivity contribution in [2.75, 3.05) is 13.7 Å². The number of halogens is 1. The van der Waals surface area contributed by atoms with Gasteiger partial charge in [0.1, 0.15) is 6.04 Å². The average Bonchev–Trinajstić information content (AvgIpc) is 2.31. The van der Waals surface area contributed by atoms with Gasteiger partial charge in [-0.15, -0.1) is 0 Å². The molecular formula is C12H16FNO3. The molecule has 0 radical (unpaired) electrons. The lowest BCUT2D eigenvalue weighted by Crippen LogP contribution is -2.34. The molecule has 1 atom stereocenters. The van der Waals surface area contributed by atoms with Gasteiger partial charge in [-0.25, -0.2) is 4.39 Å². The Morgan fingerprint density at radius 1 is 1.53 bits per heavy atom. The van der Waals surface area contributed by atoms with Crippen molar-refractivity contribution in [2.24, 2.45) is 5.73 Å². The van der Waals surface area contributed by atoms with Crippen LogP contribution < -0.4 is 10.5 Å². The molecule has 0 heterocycles. The maximum Gasteiger partial charge on any atom is 0.323 e. The van der Waals surface area contributed by atoms with Crippen LogP contribution in [-0.2, 0) is 16.0 Å². The summed E-state index contributed by atoms with van der Waals surface area (Å²) in [5.41, 5.74) is 6.38. The van der Waals surface area contributed by atoms with Crippen molar-refractivity contribution in [1.82, 2.24) is 0 Å². The molecule has 0 fully saturated rings. The van der Waals surface area contributed by atoms with Gasteiger partial charge in [-0.2, -0.15) is 0 Å². The highest BCUT2D eigenvalue weighted by molar-refractivity contribution is 5.75. The van der Waals surface area contributed by atoms with Crippen molar-refractivity contribution in [3.8, 4) is 5.75 Å². The molecule has 0 amide bonds. The molecule has 0 aromatic heterocycles. The Bertz CT molecular complexity index is 395. The number of hydrogen-bond donors (Lipinski definition) is 1. The third-order valence-electron chi connectivity index (χ3n) is 2.26. The van der Waals surface area contributed by atoms with Gasteiger partial charge in [0, 0.05) is 0 Å². The number of benzene rings is 1. The van der Waals surface area contributed by atoms with Crippen LogP contribution in [0, 0.1) is 5.82 Å². The topological polar surface area (TPSA) is 61.5 Å². The molecule has 0 spiro atoms. The first-order valence-electron chi connectivity index (χ1n) is 5.33. The Labute approximate surface area is 99.5 Å². The number of carbonyl (C=O) groups excluding carboxylic acids is 1. The van der Waals surface area contributed by atoms with Gasteiger partial charge in [-0.05, 0) is 31.0 Å². The van der Waals surface area contributed by atoms with Gasteiger partial charge in [0.15, 0.2) is 11.6 Å². The van der Waals surface area contributed by atoms with Crippen LogP contribution in [0.15, 0.2) is 18.2 Å². The molecule has 94 valence electrons. The minimum absolute atomic E-state index is 0.138. The fourth-order valence-electron chi connectivity index (χ4n) is 1.42. The smallest absolute Gasteiger partial charge is 0.323 e. The highest BCUT2D eigenvalue weighted by Crippen LogP contribution is 2.19. The van der Waals surface area contributed by atoms with E-state index in [1.165, 1.54) is 19.2 Å². The van der Waals surface area contributed by atoms with E-state index in [0.717, 1.165) is 5.56 Å². The molecule has 0 saturated carbocycles. The van der Waals surface area contributed by atoms with Crippen molar-refractivity contribution in [2.45, 2.75) is 19.4 Å². The first-order valence-corrected chi connectivity index (χ1v) is 5.33. The molecule has 1 rings (SSSR count). The zero-order valence-corrected chi connectivity index (χ0v) is 9.90. The summed E-state index contributed by atoms with van der Waals surface area (Å²) < 4.78 is 22.8. The Hall–Kier alpha value is -1.62.